The summed E-state index contributed by atoms with van der Waals surface area (Å²) in [6.07, 6.45) is 0.972. The first kappa shape index (κ1) is 10.5. The van der Waals surface area contributed by atoms with Crippen molar-refractivity contribution in [2.45, 2.75) is 18.9 Å². The fourth-order valence-corrected chi connectivity index (χ4v) is 1.61. The average Bonchev–Trinajstić information content (AvgIpc) is 2.68. The summed E-state index contributed by atoms with van der Waals surface area (Å²) in [4.78, 5) is 22.6. The lowest BCUT2D eigenvalue weighted by molar-refractivity contribution is -0.122. The molecule has 1 aliphatic rings. The number of nitrogen functional groups attached to an aromatic ring is 1. The second kappa shape index (κ2) is 4.22. The standard InChI is InChI=1S/C11H13N3O2/c12-7-1-3-8(4-2-7)13-11(16)9-5-6-10(15)14-9/h1-4,9H,5-6,12H2,(H,13,16)(H,14,15)/t9-/m1/s1. The largest absolute Gasteiger partial charge is 0.399 e. The minimum Gasteiger partial charge on any atom is -0.399 e. The number of hydrogen-bond donors (Lipinski definition) is 3. The van der Waals surface area contributed by atoms with Gasteiger partial charge in [0.05, 0.1) is 0 Å². The van der Waals surface area contributed by atoms with E-state index in [1.54, 1.807) is 24.3 Å². The fourth-order valence-electron chi connectivity index (χ4n) is 1.61. The second-order valence-electron chi connectivity index (χ2n) is 3.77. The van der Waals surface area contributed by atoms with Crippen LogP contribution in [0.3, 0.4) is 0 Å². The summed E-state index contributed by atoms with van der Waals surface area (Å²) in [5.74, 6) is -0.256. The molecule has 1 saturated heterocycles. The lowest BCUT2D eigenvalue weighted by Crippen LogP contribution is -2.37. The maximum Gasteiger partial charge on any atom is 0.246 e. The van der Waals surface area contributed by atoms with Crippen molar-refractivity contribution >= 4 is 23.2 Å². The zero-order chi connectivity index (χ0) is 11.5. The van der Waals surface area contributed by atoms with Gasteiger partial charge in [-0.05, 0) is 30.7 Å². The van der Waals surface area contributed by atoms with Gasteiger partial charge in [0.25, 0.3) is 0 Å². The van der Waals surface area contributed by atoms with E-state index in [2.05, 4.69) is 10.6 Å². The molecule has 0 aliphatic carbocycles. The predicted octanol–water partition coefficient (Wildman–Crippen LogP) is 0.486. The van der Waals surface area contributed by atoms with Gasteiger partial charge in [-0.25, -0.2) is 0 Å². The molecule has 5 nitrogen and oxygen atoms in total. The smallest absolute Gasteiger partial charge is 0.246 e. The summed E-state index contributed by atoms with van der Waals surface area (Å²) < 4.78 is 0. The lowest BCUT2D eigenvalue weighted by atomic mass is 10.2. The van der Waals surface area contributed by atoms with E-state index in [1.165, 1.54) is 0 Å². The van der Waals surface area contributed by atoms with Crippen LogP contribution in [0.15, 0.2) is 24.3 Å². The summed E-state index contributed by atoms with van der Waals surface area (Å²) in [6, 6.07) is 6.46. The number of nitrogens with two attached hydrogens (primary N) is 1. The molecule has 0 bridgehead atoms. The molecule has 0 spiro atoms. The molecule has 84 valence electrons. The van der Waals surface area contributed by atoms with Gasteiger partial charge in [-0.1, -0.05) is 0 Å². The van der Waals surface area contributed by atoms with Crippen LogP contribution in [0, 0.1) is 0 Å². The van der Waals surface area contributed by atoms with E-state index in [0.717, 1.165) is 0 Å². The van der Waals surface area contributed by atoms with Crippen LogP contribution in [0.5, 0.6) is 0 Å². The van der Waals surface area contributed by atoms with Crippen molar-refractivity contribution in [3.8, 4) is 0 Å². The first-order chi connectivity index (χ1) is 7.65. The molecule has 16 heavy (non-hydrogen) atoms. The van der Waals surface area contributed by atoms with Gasteiger partial charge in [0, 0.05) is 17.8 Å². The number of carbonyl (C=O) groups is 2. The Kier molecular flexibility index (Phi) is 2.76. The van der Waals surface area contributed by atoms with Gasteiger partial charge in [0.15, 0.2) is 0 Å². The number of benzene rings is 1. The third-order valence-electron chi connectivity index (χ3n) is 2.49. The van der Waals surface area contributed by atoms with Crippen LogP contribution in [-0.2, 0) is 9.59 Å². The molecule has 1 aliphatic heterocycles. The lowest BCUT2D eigenvalue weighted by Gasteiger charge is -2.10. The predicted molar refractivity (Wildman–Crippen MR) is 60.6 cm³/mol. The molecular weight excluding hydrogens is 206 g/mol. The van der Waals surface area contributed by atoms with E-state index in [4.69, 9.17) is 5.73 Å². The number of anilines is 2. The van der Waals surface area contributed by atoms with Crippen LogP contribution < -0.4 is 16.4 Å². The Morgan fingerprint density at radius 2 is 2.06 bits per heavy atom. The Morgan fingerprint density at radius 1 is 1.38 bits per heavy atom. The topological polar surface area (TPSA) is 84.2 Å². The molecule has 1 atom stereocenters. The van der Waals surface area contributed by atoms with Crippen molar-refractivity contribution in [1.82, 2.24) is 5.32 Å². The maximum absolute atomic E-state index is 11.7. The van der Waals surface area contributed by atoms with Crippen molar-refractivity contribution in [3.05, 3.63) is 24.3 Å². The third-order valence-corrected chi connectivity index (χ3v) is 2.49. The van der Waals surface area contributed by atoms with E-state index in [9.17, 15) is 9.59 Å². The van der Waals surface area contributed by atoms with Crippen LogP contribution in [0.2, 0.25) is 0 Å². The van der Waals surface area contributed by atoms with E-state index in [1.807, 2.05) is 0 Å². The number of hydrogen-bond acceptors (Lipinski definition) is 3. The highest BCUT2D eigenvalue weighted by atomic mass is 16.2. The zero-order valence-electron chi connectivity index (χ0n) is 8.69. The number of amides is 2. The number of carbonyl (C=O) groups excluding carboxylic acids is 2. The van der Waals surface area contributed by atoms with Gasteiger partial charge in [-0.15, -0.1) is 0 Å². The number of nitrogens with one attached hydrogen (secondary N) is 2. The van der Waals surface area contributed by atoms with Gasteiger partial charge in [0.1, 0.15) is 6.04 Å². The van der Waals surface area contributed by atoms with Crippen molar-refractivity contribution in [1.29, 1.82) is 0 Å². The summed E-state index contributed by atoms with van der Waals surface area (Å²) in [5, 5.41) is 5.33. The molecule has 0 radical (unpaired) electrons. The first-order valence-electron chi connectivity index (χ1n) is 5.11. The molecule has 2 rings (SSSR count). The van der Waals surface area contributed by atoms with Gasteiger partial charge in [0.2, 0.25) is 11.8 Å². The molecule has 1 fully saturated rings. The highest BCUT2D eigenvalue weighted by molar-refractivity contribution is 5.99. The van der Waals surface area contributed by atoms with E-state index >= 15 is 0 Å². The summed E-state index contributed by atoms with van der Waals surface area (Å²) in [6.45, 7) is 0. The normalized spacial score (nSPS) is 19.2. The SMILES string of the molecule is Nc1ccc(NC(=O)[C@H]2CCC(=O)N2)cc1. The van der Waals surface area contributed by atoms with Crippen LogP contribution >= 0.6 is 0 Å². The quantitative estimate of drug-likeness (QED) is 0.633. The minimum absolute atomic E-state index is 0.0718. The summed E-state index contributed by atoms with van der Waals surface area (Å²) in [5.41, 5.74) is 6.85. The Hall–Kier alpha value is -2.04. The highest BCUT2D eigenvalue weighted by Gasteiger charge is 2.26. The number of rotatable bonds is 2. The van der Waals surface area contributed by atoms with E-state index < -0.39 is 6.04 Å². The molecule has 0 saturated carbocycles. The molecule has 1 aromatic rings. The van der Waals surface area contributed by atoms with Crippen LogP contribution in [0.25, 0.3) is 0 Å². The van der Waals surface area contributed by atoms with Gasteiger partial charge in [-0.3, -0.25) is 9.59 Å². The minimum atomic E-state index is -0.412. The molecule has 1 heterocycles. The Bertz CT molecular complexity index is 414. The van der Waals surface area contributed by atoms with Gasteiger partial charge >= 0.3 is 0 Å². The maximum atomic E-state index is 11.7. The Labute approximate surface area is 93.0 Å². The van der Waals surface area contributed by atoms with Crippen molar-refractivity contribution in [2.75, 3.05) is 11.1 Å². The molecule has 4 N–H and O–H groups in total. The molecule has 0 aromatic heterocycles. The molecule has 5 heteroatoms. The van der Waals surface area contributed by atoms with Gasteiger partial charge in [-0.2, -0.15) is 0 Å². The van der Waals surface area contributed by atoms with Gasteiger partial charge < -0.3 is 16.4 Å². The molecule has 1 aromatic carbocycles. The van der Waals surface area contributed by atoms with E-state index in [0.29, 0.717) is 24.2 Å². The average molecular weight is 219 g/mol. The van der Waals surface area contributed by atoms with Crippen molar-refractivity contribution in [2.24, 2.45) is 0 Å². The van der Waals surface area contributed by atoms with Crippen LogP contribution in [0.4, 0.5) is 11.4 Å². The summed E-state index contributed by atoms with van der Waals surface area (Å²) >= 11 is 0. The third kappa shape index (κ3) is 2.31. The Morgan fingerprint density at radius 3 is 2.62 bits per heavy atom. The zero-order valence-corrected chi connectivity index (χ0v) is 8.69. The second-order valence-corrected chi connectivity index (χ2v) is 3.77. The van der Waals surface area contributed by atoms with Crippen LogP contribution in [-0.4, -0.2) is 17.9 Å². The monoisotopic (exact) mass is 219 g/mol. The Balaban J connectivity index is 1.97. The summed E-state index contributed by atoms with van der Waals surface area (Å²) in [7, 11) is 0. The molecule has 2 amide bonds. The van der Waals surface area contributed by atoms with Crippen LogP contribution in [0.1, 0.15) is 12.8 Å². The molecular formula is C11H13N3O2. The molecule has 0 unspecified atom stereocenters. The highest BCUT2D eigenvalue weighted by Crippen LogP contribution is 2.13. The van der Waals surface area contributed by atoms with Crippen molar-refractivity contribution < 1.29 is 9.59 Å². The van der Waals surface area contributed by atoms with E-state index in [-0.39, 0.29) is 11.8 Å². The van der Waals surface area contributed by atoms with Crippen molar-refractivity contribution in [3.63, 3.8) is 0 Å². The fraction of sp³-hybridized carbons (Fsp3) is 0.273. The first-order valence-corrected chi connectivity index (χ1v) is 5.11.